The Balaban J connectivity index is 0.00000261. The SMILES string of the molecule is CN=C(NC[C@H]1CCCN1S(C)(=O)=O)N1CCN(Cc2ccon2)CC1.I. The van der Waals surface area contributed by atoms with Gasteiger partial charge in [0.05, 0.1) is 11.9 Å². The van der Waals surface area contributed by atoms with Gasteiger partial charge >= 0.3 is 0 Å². The van der Waals surface area contributed by atoms with Gasteiger partial charge < -0.3 is 14.7 Å². The molecule has 2 fully saturated rings. The molecule has 2 aliphatic heterocycles. The lowest BCUT2D eigenvalue weighted by molar-refractivity contribution is 0.168. The smallest absolute Gasteiger partial charge is 0.211 e. The fourth-order valence-electron chi connectivity index (χ4n) is 3.66. The van der Waals surface area contributed by atoms with Crippen molar-refractivity contribution in [2.24, 2.45) is 4.99 Å². The Hall–Kier alpha value is -0.920. The van der Waals surface area contributed by atoms with Crippen LogP contribution in [0.1, 0.15) is 18.5 Å². The van der Waals surface area contributed by atoms with Crippen LogP contribution in [0.2, 0.25) is 0 Å². The van der Waals surface area contributed by atoms with Crippen molar-refractivity contribution < 1.29 is 12.9 Å². The molecule has 0 radical (unpaired) electrons. The molecule has 3 rings (SSSR count). The Morgan fingerprint density at radius 3 is 2.67 bits per heavy atom. The summed E-state index contributed by atoms with van der Waals surface area (Å²) < 4.78 is 30.2. The molecule has 3 heterocycles. The van der Waals surface area contributed by atoms with Crippen LogP contribution >= 0.6 is 24.0 Å². The van der Waals surface area contributed by atoms with Gasteiger partial charge in [0.1, 0.15) is 6.26 Å². The summed E-state index contributed by atoms with van der Waals surface area (Å²) in [6.45, 7) is 5.60. The Labute approximate surface area is 178 Å². The molecule has 1 aromatic heterocycles. The maximum absolute atomic E-state index is 11.9. The average molecular weight is 512 g/mol. The van der Waals surface area contributed by atoms with E-state index < -0.39 is 10.0 Å². The third kappa shape index (κ3) is 6.03. The third-order valence-electron chi connectivity index (χ3n) is 5.01. The van der Waals surface area contributed by atoms with E-state index in [0.717, 1.165) is 57.2 Å². The monoisotopic (exact) mass is 512 g/mol. The molecule has 1 aromatic rings. The number of hydrogen-bond donors (Lipinski definition) is 1. The molecule has 0 aromatic carbocycles. The van der Waals surface area contributed by atoms with Crippen molar-refractivity contribution in [1.82, 2.24) is 24.6 Å². The molecule has 0 bridgehead atoms. The van der Waals surface area contributed by atoms with Crippen molar-refractivity contribution in [3.63, 3.8) is 0 Å². The van der Waals surface area contributed by atoms with Crippen molar-refractivity contribution in [3.05, 3.63) is 18.0 Å². The molecule has 0 amide bonds. The van der Waals surface area contributed by atoms with Crippen LogP contribution in [0, 0.1) is 0 Å². The Bertz CT molecular complexity index is 704. The van der Waals surface area contributed by atoms with Crippen LogP contribution in [0.5, 0.6) is 0 Å². The number of nitrogens with one attached hydrogen (secondary N) is 1. The highest BCUT2D eigenvalue weighted by molar-refractivity contribution is 14.0. The first-order chi connectivity index (χ1) is 12.5. The predicted octanol–water partition coefficient (Wildman–Crippen LogP) is 0.410. The molecule has 0 aliphatic carbocycles. The van der Waals surface area contributed by atoms with E-state index in [2.05, 4.69) is 25.3 Å². The zero-order valence-electron chi connectivity index (χ0n) is 15.9. The molecule has 11 heteroatoms. The minimum absolute atomic E-state index is 0. The van der Waals surface area contributed by atoms with Crippen LogP contribution in [0.3, 0.4) is 0 Å². The topological polar surface area (TPSA) is 94.3 Å². The molecule has 0 spiro atoms. The van der Waals surface area contributed by atoms with E-state index >= 15 is 0 Å². The number of rotatable bonds is 5. The molecule has 9 nitrogen and oxygen atoms in total. The summed E-state index contributed by atoms with van der Waals surface area (Å²) in [7, 11) is -1.37. The van der Waals surface area contributed by atoms with Crippen LogP contribution in [-0.2, 0) is 16.6 Å². The number of aliphatic imine (C=N–C) groups is 1. The quantitative estimate of drug-likeness (QED) is 0.347. The molecule has 2 aliphatic rings. The van der Waals surface area contributed by atoms with E-state index in [9.17, 15) is 8.42 Å². The van der Waals surface area contributed by atoms with Gasteiger partial charge in [0, 0.05) is 65.0 Å². The lowest BCUT2D eigenvalue weighted by atomic mass is 10.2. The van der Waals surface area contributed by atoms with Gasteiger partial charge in [-0.25, -0.2) is 8.42 Å². The number of guanidine groups is 1. The Morgan fingerprint density at radius 2 is 2.07 bits per heavy atom. The van der Waals surface area contributed by atoms with Gasteiger partial charge in [0.15, 0.2) is 5.96 Å². The number of sulfonamides is 1. The van der Waals surface area contributed by atoms with Crippen molar-refractivity contribution in [3.8, 4) is 0 Å². The van der Waals surface area contributed by atoms with E-state index in [1.54, 1.807) is 17.6 Å². The standard InChI is InChI=1S/C16H28N6O3S.HI/c1-17-16(18-12-15-4-3-6-22(15)26(2,23)24)21-9-7-20(8-10-21)13-14-5-11-25-19-14;/h5,11,15H,3-4,6-10,12-13H2,1-2H3,(H,17,18);1H/t15-;/m1./s1. The number of halogens is 1. The number of nitrogens with zero attached hydrogens (tertiary/aromatic N) is 5. The molecule has 1 N–H and O–H groups in total. The zero-order chi connectivity index (χ0) is 18.6. The number of hydrogen-bond acceptors (Lipinski definition) is 6. The average Bonchev–Trinajstić information content (AvgIpc) is 3.28. The summed E-state index contributed by atoms with van der Waals surface area (Å²) in [5.74, 6) is 0.839. The summed E-state index contributed by atoms with van der Waals surface area (Å²) in [5, 5.41) is 7.33. The maximum atomic E-state index is 11.9. The van der Waals surface area contributed by atoms with Gasteiger partial charge in [0.25, 0.3) is 0 Å². The van der Waals surface area contributed by atoms with Gasteiger partial charge in [-0.3, -0.25) is 9.89 Å². The van der Waals surface area contributed by atoms with Crippen LogP contribution in [0.25, 0.3) is 0 Å². The van der Waals surface area contributed by atoms with Crippen molar-refractivity contribution in [1.29, 1.82) is 0 Å². The maximum Gasteiger partial charge on any atom is 0.211 e. The van der Waals surface area contributed by atoms with Crippen LogP contribution in [0.15, 0.2) is 21.8 Å². The van der Waals surface area contributed by atoms with Gasteiger partial charge in [-0.05, 0) is 12.8 Å². The van der Waals surface area contributed by atoms with Crippen molar-refractivity contribution in [2.75, 3.05) is 52.6 Å². The molecular formula is C16H29IN6O3S. The van der Waals surface area contributed by atoms with E-state index in [1.807, 2.05) is 6.07 Å². The summed E-state index contributed by atoms with van der Waals surface area (Å²) in [5.41, 5.74) is 0.947. The summed E-state index contributed by atoms with van der Waals surface area (Å²) in [4.78, 5) is 8.94. The van der Waals surface area contributed by atoms with E-state index in [0.29, 0.717) is 13.1 Å². The molecule has 2 saturated heterocycles. The lowest BCUT2D eigenvalue weighted by Gasteiger charge is -2.36. The van der Waals surface area contributed by atoms with Crippen LogP contribution in [0.4, 0.5) is 0 Å². The second-order valence-electron chi connectivity index (χ2n) is 6.85. The first kappa shape index (κ1) is 22.4. The highest BCUT2D eigenvalue weighted by Crippen LogP contribution is 2.19. The van der Waals surface area contributed by atoms with Crippen molar-refractivity contribution >= 4 is 40.0 Å². The fourth-order valence-corrected chi connectivity index (χ4v) is 4.84. The van der Waals surface area contributed by atoms with Gasteiger partial charge in [-0.2, -0.15) is 4.31 Å². The van der Waals surface area contributed by atoms with Crippen molar-refractivity contribution in [2.45, 2.75) is 25.4 Å². The third-order valence-corrected chi connectivity index (χ3v) is 6.34. The minimum Gasteiger partial charge on any atom is -0.364 e. The molecule has 0 unspecified atom stereocenters. The highest BCUT2D eigenvalue weighted by Gasteiger charge is 2.31. The first-order valence-electron chi connectivity index (χ1n) is 9.01. The normalized spacial score (nSPS) is 22.7. The van der Waals surface area contributed by atoms with E-state index in [-0.39, 0.29) is 30.0 Å². The zero-order valence-corrected chi connectivity index (χ0v) is 19.0. The molecular weight excluding hydrogens is 483 g/mol. The first-order valence-corrected chi connectivity index (χ1v) is 10.9. The molecule has 1 atom stereocenters. The van der Waals surface area contributed by atoms with Crippen LogP contribution in [-0.4, -0.2) is 92.3 Å². The molecule has 154 valence electrons. The van der Waals surface area contributed by atoms with Gasteiger partial charge in [-0.15, -0.1) is 24.0 Å². The second kappa shape index (κ2) is 10.0. The Morgan fingerprint density at radius 1 is 1.33 bits per heavy atom. The summed E-state index contributed by atoms with van der Waals surface area (Å²) in [6, 6.07) is 1.90. The number of piperazine rings is 1. The largest absolute Gasteiger partial charge is 0.364 e. The summed E-state index contributed by atoms with van der Waals surface area (Å²) in [6.07, 6.45) is 4.69. The summed E-state index contributed by atoms with van der Waals surface area (Å²) >= 11 is 0. The fraction of sp³-hybridized carbons (Fsp3) is 0.750. The lowest BCUT2D eigenvalue weighted by Crippen LogP contribution is -2.54. The number of aromatic nitrogens is 1. The molecule has 27 heavy (non-hydrogen) atoms. The van der Waals surface area contributed by atoms with Crippen LogP contribution < -0.4 is 5.32 Å². The minimum atomic E-state index is -3.14. The van der Waals surface area contributed by atoms with E-state index in [1.165, 1.54) is 6.26 Å². The van der Waals surface area contributed by atoms with Gasteiger partial charge in [-0.1, -0.05) is 5.16 Å². The second-order valence-corrected chi connectivity index (χ2v) is 8.79. The van der Waals surface area contributed by atoms with Gasteiger partial charge in [0.2, 0.25) is 10.0 Å². The molecule has 0 saturated carbocycles. The van der Waals surface area contributed by atoms with E-state index in [4.69, 9.17) is 4.52 Å². The predicted molar refractivity (Wildman–Crippen MR) is 115 cm³/mol. The Kier molecular flexibility index (Phi) is 8.31. The highest BCUT2D eigenvalue weighted by atomic mass is 127.